The van der Waals surface area contributed by atoms with Gasteiger partial charge in [0.2, 0.25) is 0 Å². The number of ether oxygens (including phenoxy) is 1. The Bertz CT molecular complexity index is 307. The van der Waals surface area contributed by atoms with Crippen molar-refractivity contribution >= 4 is 5.69 Å². The number of hydrogen-bond donors (Lipinski definition) is 1. The third kappa shape index (κ3) is 2.72. The summed E-state index contributed by atoms with van der Waals surface area (Å²) >= 11 is 0. The SMILES string of the molecule is CCOCc1ccccc1NC1CCC1. The second kappa shape index (κ2) is 5.17. The van der Waals surface area contributed by atoms with Gasteiger partial charge in [-0.05, 0) is 32.3 Å². The molecule has 0 saturated heterocycles. The minimum atomic E-state index is 0.688. The van der Waals surface area contributed by atoms with Crippen molar-refractivity contribution in [3.8, 4) is 0 Å². The van der Waals surface area contributed by atoms with E-state index in [0.29, 0.717) is 12.6 Å². The topological polar surface area (TPSA) is 21.3 Å². The van der Waals surface area contributed by atoms with Crippen molar-refractivity contribution in [3.05, 3.63) is 29.8 Å². The van der Waals surface area contributed by atoms with Crippen molar-refractivity contribution in [2.75, 3.05) is 11.9 Å². The summed E-state index contributed by atoms with van der Waals surface area (Å²) in [4.78, 5) is 0. The van der Waals surface area contributed by atoms with Crippen molar-refractivity contribution in [2.45, 2.75) is 38.8 Å². The van der Waals surface area contributed by atoms with Crippen LogP contribution < -0.4 is 5.32 Å². The molecule has 2 heteroatoms. The van der Waals surface area contributed by atoms with Crippen LogP contribution in [0.5, 0.6) is 0 Å². The molecule has 82 valence electrons. The van der Waals surface area contributed by atoms with Gasteiger partial charge in [0.1, 0.15) is 0 Å². The fourth-order valence-corrected chi connectivity index (χ4v) is 1.77. The molecule has 0 atom stereocenters. The number of hydrogen-bond acceptors (Lipinski definition) is 2. The van der Waals surface area contributed by atoms with E-state index in [1.165, 1.54) is 30.5 Å². The first-order valence-corrected chi connectivity index (χ1v) is 5.82. The molecule has 1 aliphatic rings. The van der Waals surface area contributed by atoms with Crippen LogP contribution in [0, 0.1) is 0 Å². The van der Waals surface area contributed by atoms with Gasteiger partial charge in [-0.1, -0.05) is 18.2 Å². The Labute approximate surface area is 91.6 Å². The summed E-state index contributed by atoms with van der Waals surface area (Å²) in [6.45, 7) is 3.52. The van der Waals surface area contributed by atoms with Gasteiger partial charge >= 0.3 is 0 Å². The van der Waals surface area contributed by atoms with Crippen LogP contribution in [0.1, 0.15) is 31.7 Å². The molecular weight excluding hydrogens is 186 g/mol. The maximum absolute atomic E-state index is 5.45. The Balaban J connectivity index is 1.99. The quantitative estimate of drug-likeness (QED) is 0.797. The summed E-state index contributed by atoms with van der Waals surface area (Å²) < 4.78 is 5.45. The smallest absolute Gasteiger partial charge is 0.0736 e. The molecule has 0 heterocycles. The Kier molecular flexibility index (Phi) is 3.62. The lowest BCUT2D eigenvalue weighted by Gasteiger charge is -2.28. The second-order valence-corrected chi connectivity index (χ2v) is 4.07. The van der Waals surface area contributed by atoms with Crippen LogP contribution in [0.2, 0.25) is 0 Å². The number of benzene rings is 1. The van der Waals surface area contributed by atoms with Crippen LogP contribution in [-0.2, 0) is 11.3 Å². The molecule has 0 amide bonds. The monoisotopic (exact) mass is 205 g/mol. The zero-order chi connectivity index (χ0) is 10.5. The second-order valence-electron chi connectivity index (χ2n) is 4.07. The zero-order valence-corrected chi connectivity index (χ0v) is 9.33. The fourth-order valence-electron chi connectivity index (χ4n) is 1.77. The van der Waals surface area contributed by atoms with E-state index in [1.807, 2.05) is 6.92 Å². The third-order valence-electron chi connectivity index (χ3n) is 2.94. The molecule has 15 heavy (non-hydrogen) atoms. The Morgan fingerprint density at radius 3 is 2.80 bits per heavy atom. The highest BCUT2D eigenvalue weighted by Gasteiger charge is 2.17. The van der Waals surface area contributed by atoms with Gasteiger partial charge in [-0.3, -0.25) is 0 Å². The average molecular weight is 205 g/mol. The number of rotatable bonds is 5. The van der Waals surface area contributed by atoms with Gasteiger partial charge in [0, 0.05) is 23.9 Å². The minimum Gasteiger partial charge on any atom is -0.382 e. The standard InChI is InChI=1S/C13H19NO/c1-2-15-10-11-6-3-4-9-13(11)14-12-7-5-8-12/h3-4,6,9,12,14H,2,5,7-8,10H2,1H3. The van der Waals surface area contributed by atoms with E-state index < -0.39 is 0 Å². The van der Waals surface area contributed by atoms with E-state index >= 15 is 0 Å². The highest BCUT2D eigenvalue weighted by atomic mass is 16.5. The maximum atomic E-state index is 5.45. The van der Waals surface area contributed by atoms with Crippen LogP contribution >= 0.6 is 0 Å². The molecule has 0 aromatic heterocycles. The Morgan fingerprint density at radius 1 is 1.33 bits per heavy atom. The van der Waals surface area contributed by atoms with E-state index in [-0.39, 0.29) is 0 Å². The van der Waals surface area contributed by atoms with Crippen molar-refractivity contribution < 1.29 is 4.74 Å². The fraction of sp³-hybridized carbons (Fsp3) is 0.538. The molecule has 1 aromatic carbocycles. The van der Waals surface area contributed by atoms with Crippen molar-refractivity contribution in [2.24, 2.45) is 0 Å². The molecule has 1 N–H and O–H groups in total. The summed E-state index contributed by atoms with van der Waals surface area (Å²) in [5.74, 6) is 0. The molecule has 0 bridgehead atoms. The van der Waals surface area contributed by atoms with E-state index in [9.17, 15) is 0 Å². The molecule has 0 aliphatic heterocycles. The minimum absolute atomic E-state index is 0.688. The first kappa shape index (κ1) is 10.5. The van der Waals surface area contributed by atoms with E-state index in [2.05, 4.69) is 29.6 Å². The third-order valence-corrected chi connectivity index (χ3v) is 2.94. The van der Waals surface area contributed by atoms with Gasteiger partial charge in [0.25, 0.3) is 0 Å². The molecule has 0 radical (unpaired) electrons. The lowest BCUT2D eigenvalue weighted by molar-refractivity contribution is 0.134. The largest absolute Gasteiger partial charge is 0.382 e. The highest BCUT2D eigenvalue weighted by molar-refractivity contribution is 5.51. The molecule has 1 aliphatic carbocycles. The average Bonchev–Trinajstić information content (AvgIpc) is 2.22. The Hall–Kier alpha value is -1.02. The first-order valence-electron chi connectivity index (χ1n) is 5.82. The number of nitrogens with one attached hydrogen (secondary N) is 1. The van der Waals surface area contributed by atoms with Gasteiger partial charge in [-0.15, -0.1) is 0 Å². The molecule has 2 nitrogen and oxygen atoms in total. The number of para-hydroxylation sites is 1. The molecule has 1 aromatic rings. The number of anilines is 1. The molecule has 0 unspecified atom stereocenters. The van der Waals surface area contributed by atoms with Crippen molar-refractivity contribution in [1.82, 2.24) is 0 Å². The van der Waals surface area contributed by atoms with Crippen molar-refractivity contribution in [3.63, 3.8) is 0 Å². The molecule has 1 fully saturated rings. The van der Waals surface area contributed by atoms with Crippen LogP contribution in [0.25, 0.3) is 0 Å². The summed E-state index contributed by atoms with van der Waals surface area (Å²) in [5, 5.41) is 3.58. The van der Waals surface area contributed by atoms with Gasteiger partial charge in [0.15, 0.2) is 0 Å². The van der Waals surface area contributed by atoms with E-state index in [1.54, 1.807) is 0 Å². The summed E-state index contributed by atoms with van der Waals surface area (Å²) in [6, 6.07) is 9.12. The zero-order valence-electron chi connectivity index (χ0n) is 9.33. The lowest BCUT2D eigenvalue weighted by atomic mass is 9.92. The lowest BCUT2D eigenvalue weighted by Crippen LogP contribution is -2.27. The van der Waals surface area contributed by atoms with Crippen LogP contribution in [-0.4, -0.2) is 12.6 Å². The van der Waals surface area contributed by atoms with Gasteiger partial charge < -0.3 is 10.1 Å². The van der Waals surface area contributed by atoms with Crippen LogP contribution in [0.4, 0.5) is 5.69 Å². The van der Waals surface area contributed by atoms with Crippen LogP contribution in [0.3, 0.4) is 0 Å². The molecule has 2 rings (SSSR count). The molecule has 1 saturated carbocycles. The van der Waals surface area contributed by atoms with Gasteiger partial charge in [0.05, 0.1) is 6.61 Å². The summed E-state index contributed by atoms with van der Waals surface area (Å²) in [5.41, 5.74) is 2.52. The predicted octanol–water partition coefficient (Wildman–Crippen LogP) is 3.19. The van der Waals surface area contributed by atoms with E-state index in [4.69, 9.17) is 4.74 Å². The maximum Gasteiger partial charge on any atom is 0.0736 e. The van der Waals surface area contributed by atoms with Gasteiger partial charge in [-0.25, -0.2) is 0 Å². The summed E-state index contributed by atoms with van der Waals surface area (Å²) in [6.07, 6.45) is 3.98. The van der Waals surface area contributed by atoms with Crippen LogP contribution in [0.15, 0.2) is 24.3 Å². The van der Waals surface area contributed by atoms with Gasteiger partial charge in [-0.2, -0.15) is 0 Å². The Morgan fingerprint density at radius 2 is 2.13 bits per heavy atom. The normalized spacial score (nSPS) is 16.1. The van der Waals surface area contributed by atoms with Crippen molar-refractivity contribution in [1.29, 1.82) is 0 Å². The first-order chi connectivity index (χ1) is 7.40. The molecule has 0 spiro atoms. The summed E-state index contributed by atoms with van der Waals surface area (Å²) in [7, 11) is 0. The predicted molar refractivity (Wildman–Crippen MR) is 63.0 cm³/mol. The van der Waals surface area contributed by atoms with E-state index in [0.717, 1.165) is 6.61 Å². The molecular formula is C13H19NO. The highest BCUT2D eigenvalue weighted by Crippen LogP contribution is 2.25.